The van der Waals surface area contributed by atoms with E-state index in [9.17, 15) is 18.0 Å². The third-order valence-electron chi connectivity index (χ3n) is 4.66. The fraction of sp³-hybridized carbons (Fsp3) is 0.450. The molecule has 1 heterocycles. The molecule has 1 atom stereocenters. The first-order valence-corrected chi connectivity index (χ1v) is 8.80. The average Bonchev–Trinajstić information content (AvgIpc) is 3.08. The van der Waals surface area contributed by atoms with Crippen LogP contribution in [0.3, 0.4) is 0 Å². The van der Waals surface area contributed by atoms with Gasteiger partial charge >= 0.3 is 6.18 Å². The Morgan fingerprint density at radius 2 is 1.92 bits per heavy atom. The van der Waals surface area contributed by atoms with Crippen LogP contribution in [0.4, 0.5) is 13.2 Å². The maximum atomic E-state index is 12.6. The number of Topliss-reactive ketones (excluding diaryl/α,β-unsaturated/α-hetero) is 1. The lowest BCUT2D eigenvalue weighted by molar-refractivity contribution is -0.160. The summed E-state index contributed by atoms with van der Waals surface area (Å²) in [5, 5.41) is 0. The van der Waals surface area contributed by atoms with Crippen molar-refractivity contribution >= 4 is 5.78 Å². The number of fused-ring (bicyclic) bond motifs is 1. The highest BCUT2D eigenvalue weighted by Gasteiger charge is 2.37. The molecule has 1 aliphatic heterocycles. The molecule has 0 amide bonds. The molecule has 0 spiro atoms. The summed E-state index contributed by atoms with van der Waals surface area (Å²) in [5.74, 6) is -0.0363. The van der Waals surface area contributed by atoms with E-state index in [2.05, 4.69) is 0 Å². The van der Waals surface area contributed by atoms with Crippen LogP contribution >= 0.6 is 0 Å². The topological polar surface area (TPSA) is 35.5 Å². The molecule has 3 rings (SSSR count). The fourth-order valence-electron chi connectivity index (χ4n) is 3.10. The van der Waals surface area contributed by atoms with Gasteiger partial charge in [-0.05, 0) is 43.9 Å². The SMILES string of the molecule is O=C(CCCCCC1=CCC(C(F)(F)F)C=C1)c1ccc2c(c1)OCO2. The number of halogens is 3. The predicted octanol–water partition coefficient (Wildman–Crippen LogP) is 5.61. The van der Waals surface area contributed by atoms with E-state index >= 15 is 0 Å². The molecule has 1 unspecified atom stereocenters. The Hall–Kier alpha value is -2.24. The summed E-state index contributed by atoms with van der Waals surface area (Å²) in [6.45, 7) is 0.182. The van der Waals surface area contributed by atoms with Crippen molar-refractivity contribution in [2.75, 3.05) is 6.79 Å². The molecule has 0 N–H and O–H groups in total. The number of ether oxygens (including phenoxy) is 2. The lowest BCUT2D eigenvalue weighted by Crippen LogP contribution is -2.21. The van der Waals surface area contributed by atoms with Crippen LogP contribution in [0.15, 0.2) is 42.0 Å². The van der Waals surface area contributed by atoms with Gasteiger partial charge in [-0.3, -0.25) is 4.79 Å². The summed E-state index contributed by atoms with van der Waals surface area (Å²) in [5.41, 5.74) is 1.57. The van der Waals surface area contributed by atoms with Crippen LogP contribution in [-0.2, 0) is 0 Å². The summed E-state index contributed by atoms with van der Waals surface area (Å²) in [6, 6.07) is 5.19. The van der Waals surface area contributed by atoms with Gasteiger partial charge in [-0.15, -0.1) is 0 Å². The van der Waals surface area contributed by atoms with Gasteiger partial charge in [0.05, 0.1) is 5.92 Å². The molecule has 1 aromatic rings. The minimum Gasteiger partial charge on any atom is -0.454 e. The van der Waals surface area contributed by atoms with E-state index < -0.39 is 12.1 Å². The molecular formula is C20H21F3O3. The van der Waals surface area contributed by atoms with E-state index in [0.29, 0.717) is 23.5 Å². The number of ketones is 1. The molecule has 1 aromatic carbocycles. The minimum atomic E-state index is -4.16. The molecule has 3 nitrogen and oxygen atoms in total. The number of unbranched alkanes of at least 4 members (excludes halogenated alkanes) is 2. The number of benzene rings is 1. The van der Waals surface area contributed by atoms with Crippen molar-refractivity contribution in [2.45, 2.75) is 44.7 Å². The highest BCUT2D eigenvalue weighted by Crippen LogP contribution is 2.34. The number of carbonyl (C=O) groups is 1. The van der Waals surface area contributed by atoms with Gasteiger partial charge in [-0.2, -0.15) is 13.2 Å². The minimum absolute atomic E-state index is 0.0257. The maximum Gasteiger partial charge on any atom is 0.395 e. The van der Waals surface area contributed by atoms with Gasteiger partial charge in [-0.25, -0.2) is 0 Å². The van der Waals surface area contributed by atoms with Gasteiger partial charge < -0.3 is 9.47 Å². The first-order valence-electron chi connectivity index (χ1n) is 8.80. The number of alkyl halides is 3. The number of hydrogen-bond donors (Lipinski definition) is 0. The second kappa shape index (κ2) is 7.98. The quantitative estimate of drug-likeness (QED) is 0.464. The molecule has 0 radical (unpaired) electrons. The predicted molar refractivity (Wildman–Crippen MR) is 91.4 cm³/mol. The molecule has 0 bridgehead atoms. The van der Waals surface area contributed by atoms with Gasteiger partial charge in [0.25, 0.3) is 0 Å². The normalized spacial score (nSPS) is 18.7. The van der Waals surface area contributed by atoms with E-state index in [1.807, 2.05) is 0 Å². The van der Waals surface area contributed by atoms with Gasteiger partial charge in [0.1, 0.15) is 0 Å². The average molecular weight is 366 g/mol. The van der Waals surface area contributed by atoms with Crippen LogP contribution in [0.5, 0.6) is 11.5 Å². The van der Waals surface area contributed by atoms with Crippen molar-refractivity contribution in [1.82, 2.24) is 0 Å². The Balaban J connectivity index is 1.35. The molecule has 6 heteroatoms. The Morgan fingerprint density at radius 3 is 2.65 bits per heavy atom. The largest absolute Gasteiger partial charge is 0.454 e. The van der Waals surface area contributed by atoms with Crippen molar-refractivity contribution in [2.24, 2.45) is 5.92 Å². The van der Waals surface area contributed by atoms with Crippen LogP contribution in [-0.4, -0.2) is 18.8 Å². The maximum absolute atomic E-state index is 12.6. The summed E-state index contributed by atoms with van der Waals surface area (Å²) < 4.78 is 48.2. The number of hydrogen-bond acceptors (Lipinski definition) is 3. The number of carbonyl (C=O) groups excluding carboxylic acids is 1. The molecule has 2 aliphatic rings. The third-order valence-corrected chi connectivity index (χ3v) is 4.66. The smallest absolute Gasteiger partial charge is 0.395 e. The van der Waals surface area contributed by atoms with Crippen LogP contribution in [0.2, 0.25) is 0 Å². The van der Waals surface area contributed by atoms with E-state index in [4.69, 9.17) is 9.47 Å². The molecule has 0 aromatic heterocycles. The molecule has 0 saturated carbocycles. The second-order valence-corrected chi connectivity index (χ2v) is 6.57. The van der Waals surface area contributed by atoms with Gasteiger partial charge in [0.2, 0.25) is 6.79 Å². The van der Waals surface area contributed by atoms with Crippen molar-refractivity contribution < 1.29 is 27.4 Å². The van der Waals surface area contributed by atoms with Crippen molar-refractivity contribution in [1.29, 1.82) is 0 Å². The van der Waals surface area contributed by atoms with Gasteiger partial charge in [0.15, 0.2) is 17.3 Å². The van der Waals surface area contributed by atoms with Crippen molar-refractivity contribution in [3.63, 3.8) is 0 Å². The van der Waals surface area contributed by atoms with Crippen LogP contribution in [0, 0.1) is 5.92 Å². The molecule has 1 aliphatic carbocycles. The second-order valence-electron chi connectivity index (χ2n) is 6.57. The number of rotatable bonds is 7. The standard InChI is InChI=1S/C20H21F3O3/c21-20(22,23)16-9-6-14(7-10-16)4-2-1-3-5-17(24)15-8-11-18-19(12-15)26-13-25-18/h6-9,11-12,16H,1-5,10,13H2. The lowest BCUT2D eigenvalue weighted by Gasteiger charge is -2.19. The summed E-state index contributed by atoms with van der Waals surface area (Å²) in [4.78, 5) is 12.2. The summed E-state index contributed by atoms with van der Waals surface area (Å²) in [6.07, 6.45) is 4.06. The molecule has 0 fully saturated rings. The first-order chi connectivity index (χ1) is 12.4. The number of allylic oxidation sites excluding steroid dienone is 4. The Bertz CT molecular complexity index is 720. The highest BCUT2D eigenvalue weighted by molar-refractivity contribution is 5.96. The molecule has 140 valence electrons. The lowest BCUT2D eigenvalue weighted by atomic mass is 9.93. The Labute approximate surface area is 150 Å². The molecule has 26 heavy (non-hydrogen) atoms. The van der Waals surface area contributed by atoms with Crippen molar-refractivity contribution in [3.8, 4) is 11.5 Å². The highest BCUT2D eigenvalue weighted by atomic mass is 19.4. The van der Waals surface area contributed by atoms with E-state index in [1.54, 1.807) is 30.4 Å². The van der Waals surface area contributed by atoms with Gasteiger partial charge in [0, 0.05) is 12.0 Å². The molecule has 0 saturated heterocycles. The fourth-order valence-corrected chi connectivity index (χ4v) is 3.10. The van der Waals surface area contributed by atoms with Crippen LogP contribution in [0.25, 0.3) is 0 Å². The first kappa shape index (κ1) is 18.5. The summed E-state index contributed by atoms with van der Waals surface area (Å²) in [7, 11) is 0. The van der Waals surface area contributed by atoms with Crippen LogP contribution < -0.4 is 9.47 Å². The summed E-state index contributed by atoms with van der Waals surface area (Å²) >= 11 is 0. The molecular weight excluding hydrogens is 345 g/mol. The third kappa shape index (κ3) is 4.68. The van der Waals surface area contributed by atoms with Gasteiger partial charge in [-0.1, -0.05) is 30.2 Å². The zero-order chi connectivity index (χ0) is 18.6. The van der Waals surface area contributed by atoms with E-state index in [1.165, 1.54) is 6.08 Å². The zero-order valence-electron chi connectivity index (χ0n) is 14.3. The van der Waals surface area contributed by atoms with E-state index in [-0.39, 0.29) is 19.0 Å². The van der Waals surface area contributed by atoms with Crippen molar-refractivity contribution in [3.05, 3.63) is 47.6 Å². The zero-order valence-corrected chi connectivity index (χ0v) is 14.3. The van der Waals surface area contributed by atoms with E-state index in [0.717, 1.165) is 31.3 Å². The Morgan fingerprint density at radius 1 is 1.12 bits per heavy atom. The Kier molecular flexibility index (Phi) is 5.69. The van der Waals surface area contributed by atoms with Crippen LogP contribution in [0.1, 0.15) is 48.9 Å². The monoisotopic (exact) mass is 366 g/mol.